The van der Waals surface area contributed by atoms with Crippen molar-refractivity contribution in [3.8, 4) is 5.75 Å². The summed E-state index contributed by atoms with van der Waals surface area (Å²) in [6.45, 7) is 2.35. The number of amides is 1. The predicted molar refractivity (Wildman–Crippen MR) is 86.3 cm³/mol. The van der Waals surface area contributed by atoms with Crippen molar-refractivity contribution in [1.29, 1.82) is 0 Å². The maximum Gasteiger partial charge on any atom is 0.311 e. The van der Waals surface area contributed by atoms with Gasteiger partial charge in [0.25, 0.3) is 0 Å². The summed E-state index contributed by atoms with van der Waals surface area (Å²) in [5.41, 5.74) is 0.599. The lowest BCUT2D eigenvalue weighted by Gasteiger charge is -2.22. The number of piperidine rings is 1. The van der Waals surface area contributed by atoms with Gasteiger partial charge >= 0.3 is 5.69 Å². The van der Waals surface area contributed by atoms with Gasteiger partial charge in [0.05, 0.1) is 12.0 Å². The van der Waals surface area contributed by atoms with Crippen LogP contribution in [0.15, 0.2) is 18.2 Å². The van der Waals surface area contributed by atoms with Crippen LogP contribution >= 0.6 is 0 Å². The maximum absolute atomic E-state index is 11.9. The minimum atomic E-state index is -0.485. The molecule has 1 saturated heterocycles. The summed E-state index contributed by atoms with van der Waals surface area (Å²) in [5, 5.41) is 17.1. The van der Waals surface area contributed by atoms with Gasteiger partial charge in [-0.2, -0.15) is 0 Å². The molecule has 1 aliphatic heterocycles. The van der Waals surface area contributed by atoms with Gasteiger partial charge in [-0.05, 0) is 49.9 Å². The Bertz CT molecular complexity index is 556. The first-order valence-electron chi connectivity index (χ1n) is 7.89. The number of rotatable bonds is 7. The van der Waals surface area contributed by atoms with Crippen LogP contribution in [-0.4, -0.2) is 31.0 Å². The van der Waals surface area contributed by atoms with Crippen molar-refractivity contribution in [2.24, 2.45) is 5.92 Å². The summed E-state index contributed by atoms with van der Waals surface area (Å²) in [6.07, 6.45) is 3.65. The highest BCUT2D eigenvalue weighted by atomic mass is 16.6. The van der Waals surface area contributed by atoms with Crippen LogP contribution in [0.1, 0.15) is 31.2 Å². The predicted octanol–water partition coefficient (Wildman–Crippen LogP) is 2.00. The number of carbonyl (C=O) groups is 1. The summed E-state index contributed by atoms with van der Waals surface area (Å²) in [5.74, 6) is 0.821. The largest absolute Gasteiger partial charge is 0.490 e. The fourth-order valence-corrected chi connectivity index (χ4v) is 2.78. The van der Waals surface area contributed by atoms with Crippen molar-refractivity contribution in [3.63, 3.8) is 0 Å². The fraction of sp³-hybridized carbons (Fsp3) is 0.562. The second-order valence-corrected chi connectivity index (χ2v) is 5.77. The molecule has 0 radical (unpaired) electrons. The molecule has 0 atom stereocenters. The highest BCUT2D eigenvalue weighted by Crippen LogP contribution is 2.27. The fourth-order valence-electron chi connectivity index (χ4n) is 2.78. The van der Waals surface area contributed by atoms with E-state index >= 15 is 0 Å². The number of hydrogen-bond donors (Lipinski definition) is 2. The molecule has 1 aliphatic rings. The minimum absolute atomic E-state index is 0.0120. The molecule has 1 heterocycles. The standard InChI is InChI=1S/C16H23N3O4/c1-23-15-4-2-13(10-14(15)19(21)22)11-18-16(20)5-3-12-6-8-17-9-7-12/h2,4,10,12,17H,3,5-9,11H2,1H3,(H,18,20). The van der Waals surface area contributed by atoms with Crippen molar-refractivity contribution in [2.75, 3.05) is 20.2 Å². The second kappa shape index (κ2) is 8.47. The number of nitro benzene ring substituents is 1. The van der Waals surface area contributed by atoms with Gasteiger partial charge in [-0.25, -0.2) is 0 Å². The van der Waals surface area contributed by atoms with Crippen LogP contribution in [0.4, 0.5) is 5.69 Å². The number of ether oxygens (including phenoxy) is 1. The lowest BCUT2D eigenvalue weighted by Crippen LogP contribution is -2.29. The Balaban J connectivity index is 1.81. The van der Waals surface area contributed by atoms with Gasteiger partial charge < -0.3 is 15.4 Å². The van der Waals surface area contributed by atoms with Crippen molar-refractivity contribution in [3.05, 3.63) is 33.9 Å². The summed E-state index contributed by atoms with van der Waals surface area (Å²) in [4.78, 5) is 22.4. The zero-order valence-electron chi connectivity index (χ0n) is 13.3. The molecule has 1 amide bonds. The topological polar surface area (TPSA) is 93.5 Å². The minimum Gasteiger partial charge on any atom is -0.490 e. The molecule has 0 aromatic heterocycles. The van der Waals surface area contributed by atoms with Crippen molar-refractivity contribution in [1.82, 2.24) is 10.6 Å². The van der Waals surface area contributed by atoms with Crippen LogP contribution in [0.3, 0.4) is 0 Å². The van der Waals surface area contributed by atoms with Crippen LogP contribution in [0.2, 0.25) is 0 Å². The van der Waals surface area contributed by atoms with Crippen molar-refractivity contribution >= 4 is 11.6 Å². The van der Waals surface area contributed by atoms with Crippen LogP contribution in [0.5, 0.6) is 5.75 Å². The molecular formula is C16H23N3O4. The Morgan fingerprint density at radius 1 is 1.43 bits per heavy atom. The lowest BCUT2D eigenvalue weighted by molar-refractivity contribution is -0.385. The van der Waals surface area contributed by atoms with Crippen LogP contribution in [0.25, 0.3) is 0 Å². The van der Waals surface area contributed by atoms with Gasteiger partial charge in [0, 0.05) is 19.0 Å². The van der Waals surface area contributed by atoms with Crippen molar-refractivity contribution in [2.45, 2.75) is 32.2 Å². The molecule has 7 nitrogen and oxygen atoms in total. The number of hydrogen-bond acceptors (Lipinski definition) is 5. The van der Waals surface area contributed by atoms with E-state index in [0.29, 0.717) is 17.9 Å². The number of nitrogens with one attached hydrogen (secondary N) is 2. The summed E-state index contributed by atoms with van der Waals surface area (Å²) < 4.78 is 4.96. The van der Waals surface area contributed by atoms with Gasteiger partial charge in [0.1, 0.15) is 0 Å². The number of benzene rings is 1. The molecule has 0 aliphatic carbocycles. The zero-order valence-corrected chi connectivity index (χ0v) is 13.3. The molecule has 0 bridgehead atoms. The van der Waals surface area contributed by atoms with Crippen LogP contribution in [0, 0.1) is 16.0 Å². The molecule has 0 spiro atoms. The zero-order chi connectivity index (χ0) is 16.7. The Labute approximate surface area is 135 Å². The van der Waals surface area contributed by atoms with E-state index in [1.807, 2.05) is 0 Å². The molecule has 126 valence electrons. The molecule has 0 unspecified atom stereocenters. The maximum atomic E-state index is 11.9. The second-order valence-electron chi connectivity index (χ2n) is 5.77. The molecule has 1 aromatic rings. The molecule has 7 heteroatoms. The SMILES string of the molecule is COc1ccc(CNC(=O)CCC2CCNCC2)cc1[N+](=O)[O-]. The number of carbonyl (C=O) groups excluding carboxylic acids is 1. The van der Waals surface area contributed by atoms with E-state index in [1.165, 1.54) is 13.2 Å². The van der Waals surface area contributed by atoms with Crippen molar-refractivity contribution < 1.29 is 14.5 Å². The molecule has 1 aromatic carbocycles. The Kier molecular flexibility index (Phi) is 6.34. The number of nitro groups is 1. The third-order valence-corrected chi connectivity index (χ3v) is 4.17. The Morgan fingerprint density at radius 2 is 2.17 bits per heavy atom. The monoisotopic (exact) mass is 321 g/mol. The van der Waals surface area contributed by atoms with E-state index in [9.17, 15) is 14.9 Å². The first-order chi connectivity index (χ1) is 11.1. The smallest absolute Gasteiger partial charge is 0.311 e. The average molecular weight is 321 g/mol. The normalized spacial score (nSPS) is 15.2. The molecule has 1 fully saturated rings. The number of nitrogens with zero attached hydrogens (tertiary/aromatic N) is 1. The van der Waals surface area contributed by atoms with Gasteiger partial charge in [-0.3, -0.25) is 14.9 Å². The highest BCUT2D eigenvalue weighted by molar-refractivity contribution is 5.75. The Hall–Kier alpha value is -2.15. The summed E-state index contributed by atoms with van der Waals surface area (Å²) in [6, 6.07) is 4.71. The third kappa shape index (κ3) is 5.21. The third-order valence-electron chi connectivity index (χ3n) is 4.17. The molecule has 23 heavy (non-hydrogen) atoms. The van der Waals surface area contributed by atoms with E-state index in [2.05, 4.69) is 10.6 Å². The van der Waals surface area contributed by atoms with Crippen LogP contribution < -0.4 is 15.4 Å². The molecule has 2 N–H and O–H groups in total. The van der Waals surface area contributed by atoms with E-state index in [4.69, 9.17) is 4.74 Å². The molecule has 2 rings (SSSR count). The highest BCUT2D eigenvalue weighted by Gasteiger charge is 2.16. The lowest BCUT2D eigenvalue weighted by atomic mass is 9.93. The Morgan fingerprint density at radius 3 is 2.83 bits per heavy atom. The molecular weight excluding hydrogens is 298 g/mol. The van der Waals surface area contributed by atoms with Gasteiger partial charge in [-0.15, -0.1) is 0 Å². The van der Waals surface area contributed by atoms with Gasteiger partial charge in [0.15, 0.2) is 5.75 Å². The van der Waals surface area contributed by atoms with E-state index in [1.54, 1.807) is 12.1 Å². The van der Waals surface area contributed by atoms with Gasteiger partial charge in [-0.1, -0.05) is 6.07 Å². The van der Waals surface area contributed by atoms with E-state index < -0.39 is 4.92 Å². The average Bonchev–Trinajstić information content (AvgIpc) is 2.58. The van der Waals surface area contributed by atoms with Crippen LogP contribution in [-0.2, 0) is 11.3 Å². The first-order valence-corrected chi connectivity index (χ1v) is 7.89. The summed E-state index contributed by atoms with van der Waals surface area (Å²) >= 11 is 0. The quantitative estimate of drug-likeness (QED) is 0.592. The number of methoxy groups -OCH3 is 1. The van der Waals surface area contributed by atoms with E-state index in [0.717, 1.165) is 32.4 Å². The summed E-state index contributed by atoms with van der Waals surface area (Å²) in [7, 11) is 1.39. The van der Waals surface area contributed by atoms with Gasteiger partial charge in [0.2, 0.25) is 5.91 Å². The first kappa shape index (κ1) is 17.2. The molecule has 0 saturated carbocycles. The van der Waals surface area contributed by atoms with E-state index in [-0.39, 0.29) is 23.9 Å².